The SMILES string of the molecule is CO[C@H]1C[C@H](c2nc(CCCc3ccccc3)no2)N(C(C)=O)C1. The zero-order chi connectivity index (χ0) is 16.9. The third-order valence-electron chi connectivity index (χ3n) is 4.48. The van der Waals surface area contributed by atoms with E-state index in [0.717, 1.165) is 19.3 Å². The highest BCUT2D eigenvalue weighted by Gasteiger charge is 2.38. The minimum atomic E-state index is -0.178. The van der Waals surface area contributed by atoms with Crippen molar-refractivity contribution in [2.75, 3.05) is 13.7 Å². The van der Waals surface area contributed by atoms with Crippen LogP contribution in [0.4, 0.5) is 0 Å². The van der Waals surface area contributed by atoms with E-state index in [9.17, 15) is 4.79 Å². The number of ether oxygens (including phenoxy) is 1. The van der Waals surface area contributed by atoms with Crippen LogP contribution in [0.3, 0.4) is 0 Å². The first-order chi connectivity index (χ1) is 11.7. The summed E-state index contributed by atoms with van der Waals surface area (Å²) in [6, 6.07) is 10.2. The number of carbonyl (C=O) groups is 1. The number of amides is 1. The van der Waals surface area contributed by atoms with Gasteiger partial charge in [0, 0.05) is 33.4 Å². The second-order valence-corrected chi connectivity index (χ2v) is 6.17. The lowest BCUT2D eigenvalue weighted by Gasteiger charge is -2.19. The summed E-state index contributed by atoms with van der Waals surface area (Å²) < 4.78 is 10.8. The Bertz CT molecular complexity index is 671. The summed E-state index contributed by atoms with van der Waals surface area (Å²) >= 11 is 0. The molecule has 2 aromatic rings. The average Bonchev–Trinajstić information content (AvgIpc) is 3.22. The third kappa shape index (κ3) is 3.82. The van der Waals surface area contributed by atoms with Crippen LogP contribution in [0.1, 0.15) is 43.1 Å². The fourth-order valence-corrected chi connectivity index (χ4v) is 3.15. The molecule has 1 aromatic carbocycles. The van der Waals surface area contributed by atoms with Crippen molar-refractivity contribution in [1.29, 1.82) is 0 Å². The van der Waals surface area contributed by atoms with Crippen LogP contribution in [-0.2, 0) is 22.4 Å². The first-order valence-corrected chi connectivity index (χ1v) is 8.33. The maximum atomic E-state index is 11.8. The van der Waals surface area contributed by atoms with E-state index in [1.165, 1.54) is 5.56 Å². The largest absolute Gasteiger partial charge is 0.380 e. The standard InChI is InChI=1S/C18H23N3O3/c1-13(22)21-12-15(23-2)11-16(21)18-19-17(20-24-18)10-6-9-14-7-4-3-5-8-14/h3-5,7-8,15-16H,6,9-12H2,1-2H3/t15-,16+/m0/s1. The van der Waals surface area contributed by atoms with E-state index < -0.39 is 0 Å². The van der Waals surface area contributed by atoms with Crippen molar-refractivity contribution < 1.29 is 14.1 Å². The van der Waals surface area contributed by atoms with Crippen LogP contribution in [0, 0.1) is 0 Å². The Kier molecular flexibility index (Phi) is 5.25. The number of likely N-dealkylation sites (tertiary alicyclic amines) is 1. The summed E-state index contributed by atoms with van der Waals surface area (Å²) in [5.41, 5.74) is 1.31. The Morgan fingerprint density at radius 1 is 1.33 bits per heavy atom. The molecule has 6 nitrogen and oxygen atoms in total. The summed E-state index contributed by atoms with van der Waals surface area (Å²) in [6.45, 7) is 2.13. The fourth-order valence-electron chi connectivity index (χ4n) is 3.15. The molecule has 0 spiro atoms. The van der Waals surface area contributed by atoms with Crippen molar-refractivity contribution >= 4 is 5.91 Å². The molecule has 1 saturated heterocycles. The van der Waals surface area contributed by atoms with Gasteiger partial charge in [-0.3, -0.25) is 4.79 Å². The van der Waals surface area contributed by atoms with Gasteiger partial charge in [-0.1, -0.05) is 35.5 Å². The first kappa shape index (κ1) is 16.6. The number of aryl methyl sites for hydroxylation is 2. The molecule has 3 rings (SSSR count). The number of nitrogens with zero attached hydrogens (tertiary/aromatic N) is 3. The molecule has 1 aliphatic heterocycles. The Morgan fingerprint density at radius 3 is 2.83 bits per heavy atom. The molecule has 1 amide bonds. The van der Waals surface area contributed by atoms with E-state index in [2.05, 4.69) is 22.3 Å². The van der Waals surface area contributed by atoms with Crippen molar-refractivity contribution in [3.63, 3.8) is 0 Å². The number of aromatic nitrogens is 2. The van der Waals surface area contributed by atoms with Crippen molar-refractivity contribution in [3.05, 3.63) is 47.6 Å². The quantitative estimate of drug-likeness (QED) is 0.815. The molecule has 6 heteroatoms. The zero-order valence-corrected chi connectivity index (χ0v) is 14.1. The van der Waals surface area contributed by atoms with Gasteiger partial charge in [0.1, 0.15) is 6.04 Å². The second-order valence-electron chi connectivity index (χ2n) is 6.17. The van der Waals surface area contributed by atoms with Gasteiger partial charge < -0.3 is 14.2 Å². The average molecular weight is 329 g/mol. The molecule has 24 heavy (non-hydrogen) atoms. The predicted octanol–water partition coefficient (Wildman–Crippen LogP) is 2.55. The van der Waals surface area contributed by atoms with Crippen LogP contribution in [0.15, 0.2) is 34.9 Å². The van der Waals surface area contributed by atoms with Crippen molar-refractivity contribution in [1.82, 2.24) is 15.0 Å². The van der Waals surface area contributed by atoms with E-state index in [0.29, 0.717) is 24.7 Å². The molecule has 1 fully saturated rings. The van der Waals surface area contributed by atoms with Gasteiger partial charge in [-0.2, -0.15) is 4.98 Å². The van der Waals surface area contributed by atoms with Gasteiger partial charge in [-0.25, -0.2) is 0 Å². The number of benzene rings is 1. The molecule has 2 atom stereocenters. The molecular formula is C18H23N3O3. The van der Waals surface area contributed by atoms with Gasteiger partial charge in [0.05, 0.1) is 6.10 Å². The molecule has 0 unspecified atom stereocenters. The smallest absolute Gasteiger partial charge is 0.249 e. The Morgan fingerprint density at radius 2 is 2.12 bits per heavy atom. The molecule has 128 valence electrons. The molecular weight excluding hydrogens is 306 g/mol. The number of carbonyl (C=O) groups excluding carboxylic acids is 1. The Labute approximate surface area is 141 Å². The third-order valence-corrected chi connectivity index (χ3v) is 4.48. The lowest BCUT2D eigenvalue weighted by Crippen LogP contribution is -2.29. The number of hydrogen-bond acceptors (Lipinski definition) is 5. The fraction of sp³-hybridized carbons (Fsp3) is 0.500. The highest BCUT2D eigenvalue weighted by atomic mass is 16.5. The minimum Gasteiger partial charge on any atom is -0.380 e. The molecule has 0 radical (unpaired) electrons. The van der Waals surface area contributed by atoms with E-state index in [1.54, 1.807) is 18.9 Å². The summed E-state index contributed by atoms with van der Waals surface area (Å²) in [6.07, 6.45) is 3.43. The predicted molar refractivity (Wildman–Crippen MR) is 88.3 cm³/mol. The van der Waals surface area contributed by atoms with E-state index in [1.807, 2.05) is 18.2 Å². The molecule has 0 aliphatic carbocycles. The maximum Gasteiger partial charge on any atom is 0.249 e. The Hall–Kier alpha value is -2.21. The van der Waals surface area contributed by atoms with Gasteiger partial charge in [0.25, 0.3) is 0 Å². The number of hydrogen-bond donors (Lipinski definition) is 0. The van der Waals surface area contributed by atoms with Crippen LogP contribution in [0.2, 0.25) is 0 Å². The monoisotopic (exact) mass is 329 g/mol. The molecule has 0 bridgehead atoms. The highest BCUT2D eigenvalue weighted by molar-refractivity contribution is 5.74. The lowest BCUT2D eigenvalue weighted by atomic mass is 10.1. The van der Waals surface area contributed by atoms with Crippen molar-refractivity contribution in [2.24, 2.45) is 0 Å². The lowest BCUT2D eigenvalue weighted by molar-refractivity contribution is -0.130. The van der Waals surface area contributed by atoms with Gasteiger partial charge in [-0.15, -0.1) is 0 Å². The summed E-state index contributed by atoms with van der Waals surface area (Å²) in [5, 5.41) is 4.07. The first-order valence-electron chi connectivity index (χ1n) is 8.33. The summed E-state index contributed by atoms with van der Waals surface area (Å²) in [7, 11) is 1.66. The molecule has 0 saturated carbocycles. The molecule has 0 N–H and O–H groups in total. The molecule has 2 heterocycles. The van der Waals surface area contributed by atoms with Crippen molar-refractivity contribution in [2.45, 2.75) is 44.8 Å². The second kappa shape index (κ2) is 7.57. The highest BCUT2D eigenvalue weighted by Crippen LogP contribution is 2.32. The van der Waals surface area contributed by atoms with Crippen LogP contribution >= 0.6 is 0 Å². The molecule has 1 aromatic heterocycles. The van der Waals surface area contributed by atoms with E-state index in [-0.39, 0.29) is 18.1 Å². The summed E-state index contributed by atoms with van der Waals surface area (Å²) in [4.78, 5) is 18.1. The van der Waals surface area contributed by atoms with Gasteiger partial charge >= 0.3 is 0 Å². The van der Waals surface area contributed by atoms with E-state index >= 15 is 0 Å². The topological polar surface area (TPSA) is 68.5 Å². The van der Waals surface area contributed by atoms with Gasteiger partial charge in [0.2, 0.25) is 11.8 Å². The van der Waals surface area contributed by atoms with Gasteiger partial charge in [0.15, 0.2) is 5.82 Å². The summed E-state index contributed by atoms with van der Waals surface area (Å²) in [5.74, 6) is 1.22. The van der Waals surface area contributed by atoms with Crippen LogP contribution in [0.25, 0.3) is 0 Å². The van der Waals surface area contributed by atoms with Crippen LogP contribution in [-0.4, -0.2) is 40.7 Å². The number of rotatable bonds is 6. The van der Waals surface area contributed by atoms with Crippen molar-refractivity contribution in [3.8, 4) is 0 Å². The molecule has 1 aliphatic rings. The normalized spacial score (nSPS) is 20.5. The Balaban J connectivity index is 1.59. The maximum absolute atomic E-state index is 11.8. The van der Waals surface area contributed by atoms with Crippen LogP contribution in [0.5, 0.6) is 0 Å². The van der Waals surface area contributed by atoms with E-state index in [4.69, 9.17) is 9.26 Å². The van der Waals surface area contributed by atoms with Crippen LogP contribution < -0.4 is 0 Å². The number of methoxy groups -OCH3 is 1. The minimum absolute atomic E-state index is 0.00313. The van der Waals surface area contributed by atoms with Gasteiger partial charge in [-0.05, 0) is 18.4 Å². The zero-order valence-electron chi connectivity index (χ0n) is 14.1.